The summed E-state index contributed by atoms with van der Waals surface area (Å²) < 4.78 is 11.8. The number of hydrogen-bond acceptors (Lipinski definition) is 4. The van der Waals surface area contributed by atoms with Gasteiger partial charge in [0.15, 0.2) is 11.5 Å². The molecule has 8 heteroatoms. The number of methoxy groups -OCH3 is 1. The summed E-state index contributed by atoms with van der Waals surface area (Å²) in [6.45, 7) is 1.20. The van der Waals surface area contributed by atoms with Crippen LogP contribution in [0.5, 0.6) is 11.5 Å². The van der Waals surface area contributed by atoms with E-state index in [1.165, 1.54) is 0 Å². The average Bonchev–Trinajstić information content (AvgIpc) is 2.70. The Labute approximate surface area is 183 Å². The van der Waals surface area contributed by atoms with E-state index in [1.807, 2.05) is 57.5 Å². The molecule has 2 aromatic rings. The molecule has 168 valence electrons. The van der Waals surface area contributed by atoms with Crippen molar-refractivity contribution in [3.63, 3.8) is 0 Å². The first-order valence-electron chi connectivity index (χ1n) is 10.1. The lowest BCUT2D eigenvalue weighted by molar-refractivity contribution is -0.871. The monoisotopic (exact) mass is 430 g/mol. The van der Waals surface area contributed by atoms with E-state index in [1.54, 1.807) is 19.2 Å². The Morgan fingerprint density at radius 1 is 1.03 bits per heavy atom. The van der Waals surface area contributed by atoms with E-state index in [4.69, 9.17) is 14.6 Å². The fourth-order valence-corrected chi connectivity index (χ4v) is 3.13. The Morgan fingerprint density at radius 2 is 1.74 bits per heavy atom. The van der Waals surface area contributed by atoms with Crippen LogP contribution in [0.1, 0.15) is 17.5 Å². The zero-order chi connectivity index (χ0) is 22.9. The van der Waals surface area contributed by atoms with Gasteiger partial charge in [0.1, 0.15) is 6.61 Å². The molecule has 0 saturated heterocycles. The Bertz CT molecular complexity index is 865. The van der Waals surface area contributed by atoms with Crippen LogP contribution in [0, 0.1) is 0 Å². The zero-order valence-corrected chi connectivity index (χ0v) is 18.6. The van der Waals surface area contributed by atoms with Crippen molar-refractivity contribution in [3.05, 3.63) is 59.7 Å². The van der Waals surface area contributed by atoms with Gasteiger partial charge in [0.25, 0.3) is 0 Å². The van der Waals surface area contributed by atoms with E-state index in [-0.39, 0.29) is 13.0 Å². The smallest absolute Gasteiger partial charge is 0.315 e. The van der Waals surface area contributed by atoms with E-state index in [0.717, 1.165) is 11.1 Å². The number of quaternary nitrogens is 1. The van der Waals surface area contributed by atoms with Crippen LogP contribution in [0.25, 0.3) is 0 Å². The summed E-state index contributed by atoms with van der Waals surface area (Å²) in [6, 6.07) is 14.4. The first-order chi connectivity index (χ1) is 14.7. The summed E-state index contributed by atoms with van der Waals surface area (Å²) in [7, 11) is 7.41. The highest BCUT2D eigenvalue weighted by atomic mass is 16.5. The summed E-state index contributed by atoms with van der Waals surface area (Å²) in [4.78, 5) is 23.4. The third-order valence-corrected chi connectivity index (χ3v) is 4.44. The molecule has 2 rings (SSSR count). The minimum atomic E-state index is -0.949. The number of rotatable bonds is 11. The summed E-state index contributed by atoms with van der Waals surface area (Å²) in [5.74, 6) is 0.239. The molecule has 0 aromatic heterocycles. The predicted molar refractivity (Wildman–Crippen MR) is 118 cm³/mol. The highest BCUT2D eigenvalue weighted by molar-refractivity contribution is 5.75. The number of likely N-dealkylation sites (N-methyl/N-ethyl adjacent to an activating group) is 1. The van der Waals surface area contributed by atoms with Gasteiger partial charge in [0, 0.05) is 6.54 Å². The number of benzene rings is 2. The van der Waals surface area contributed by atoms with Crippen molar-refractivity contribution in [2.24, 2.45) is 0 Å². The van der Waals surface area contributed by atoms with E-state index >= 15 is 0 Å². The van der Waals surface area contributed by atoms with Crippen molar-refractivity contribution < 1.29 is 28.7 Å². The van der Waals surface area contributed by atoms with Crippen molar-refractivity contribution in [1.82, 2.24) is 10.6 Å². The number of nitrogens with one attached hydrogen (secondary N) is 2. The molecule has 2 aromatic carbocycles. The van der Waals surface area contributed by atoms with E-state index in [9.17, 15) is 9.59 Å². The summed E-state index contributed by atoms with van der Waals surface area (Å²) in [6.07, 6.45) is -0.135. The highest BCUT2D eigenvalue weighted by Crippen LogP contribution is 2.28. The van der Waals surface area contributed by atoms with Gasteiger partial charge in [0.05, 0.1) is 47.3 Å². The lowest BCUT2D eigenvalue weighted by Crippen LogP contribution is -2.51. The summed E-state index contributed by atoms with van der Waals surface area (Å²) in [5.41, 5.74) is 1.89. The standard InChI is InChI=1S/C23H31N3O5/c1-26(2,3)15-19(13-22(27)28)25-23(29)24-14-18-10-11-20(21(12-18)30-4)31-16-17-8-6-5-7-9-17/h5-12,19H,13-16H2,1-4H3,(H2-,24,25,27,28,29)/p+1/t19-/m1/s1. The van der Waals surface area contributed by atoms with Gasteiger partial charge in [-0.1, -0.05) is 36.4 Å². The molecule has 3 N–H and O–H groups in total. The van der Waals surface area contributed by atoms with Crippen LogP contribution in [-0.2, 0) is 17.9 Å². The number of nitrogens with zero attached hydrogens (tertiary/aromatic N) is 1. The van der Waals surface area contributed by atoms with Crippen LogP contribution in [-0.4, -0.2) is 62.4 Å². The molecule has 0 spiro atoms. The van der Waals surface area contributed by atoms with Crippen LogP contribution in [0.4, 0.5) is 4.79 Å². The van der Waals surface area contributed by atoms with Gasteiger partial charge >= 0.3 is 12.0 Å². The molecule has 1 atom stereocenters. The molecule has 0 fully saturated rings. The van der Waals surface area contributed by atoms with Crippen LogP contribution < -0.4 is 20.1 Å². The van der Waals surface area contributed by atoms with Gasteiger partial charge in [0.2, 0.25) is 0 Å². The topological polar surface area (TPSA) is 96.9 Å². The van der Waals surface area contributed by atoms with Crippen molar-refractivity contribution >= 4 is 12.0 Å². The fourth-order valence-electron chi connectivity index (χ4n) is 3.13. The summed E-state index contributed by atoms with van der Waals surface area (Å²) >= 11 is 0. The molecule has 0 saturated carbocycles. The second kappa shape index (κ2) is 11.2. The molecule has 2 amide bonds. The van der Waals surface area contributed by atoms with Crippen LogP contribution in [0.3, 0.4) is 0 Å². The minimum Gasteiger partial charge on any atom is -0.493 e. The molecule has 0 unspecified atom stereocenters. The number of aliphatic carboxylic acids is 1. The molecule has 0 aliphatic rings. The van der Waals surface area contributed by atoms with Gasteiger partial charge < -0.3 is 29.7 Å². The third-order valence-electron chi connectivity index (χ3n) is 4.44. The highest BCUT2D eigenvalue weighted by Gasteiger charge is 2.22. The third kappa shape index (κ3) is 8.96. The van der Waals surface area contributed by atoms with Gasteiger partial charge in [-0.05, 0) is 23.3 Å². The normalized spacial score (nSPS) is 12.0. The maximum absolute atomic E-state index is 12.3. The SMILES string of the molecule is COc1cc(CNC(=O)N[C@H](CC(=O)O)C[N+](C)(C)C)ccc1OCc1ccccc1. The molecule has 8 nitrogen and oxygen atoms in total. The van der Waals surface area contributed by atoms with Gasteiger partial charge in [-0.25, -0.2) is 4.79 Å². The Hall–Kier alpha value is -3.26. The Morgan fingerprint density at radius 3 is 2.35 bits per heavy atom. The molecule has 0 heterocycles. The lowest BCUT2D eigenvalue weighted by Gasteiger charge is -2.29. The summed E-state index contributed by atoms with van der Waals surface area (Å²) in [5, 5.41) is 14.6. The number of carboxylic acid groups (broad SMARTS) is 1. The Balaban J connectivity index is 1.93. The van der Waals surface area contributed by atoms with Crippen LogP contribution in [0.15, 0.2) is 48.5 Å². The number of amides is 2. The van der Waals surface area contributed by atoms with E-state index < -0.39 is 18.0 Å². The molecule has 0 bridgehead atoms. The number of carbonyl (C=O) groups excluding carboxylic acids is 1. The van der Waals surface area contributed by atoms with Gasteiger partial charge in [-0.15, -0.1) is 0 Å². The van der Waals surface area contributed by atoms with Crippen LogP contribution in [0.2, 0.25) is 0 Å². The number of ether oxygens (including phenoxy) is 2. The molecule has 0 radical (unpaired) electrons. The van der Waals surface area contributed by atoms with Crippen LogP contribution >= 0.6 is 0 Å². The number of urea groups is 1. The average molecular weight is 431 g/mol. The molecular formula is C23H32N3O5+. The lowest BCUT2D eigenvalue weighted by atomic mass is 10.2. The van der Waals surface area contributed by atoms with Crippen molar-refractivity contribution in [2.75, 3.05) is 34.8 Å². The van der Waals surface area contributed by atoms with Crippen molar-refractivity contribution in [2.45, 2.75) is 25.6 Å². The predicted octanol–water partition coefficient (Wildman–Crippen LogP) is 2.62. The maximum Gasteiger partial charge on any atom is 0.315 e. The second-order valence-corrected chi connectivity index (χ2v) is 8.35. The van der Waals surface area contributed by atoms with E-state index in [0.29, 0.717) is 29.1 Å². The maximum atomic E-state index is 12.3. The largest absolute Gasteiger partial charge is 0.493 e. The zero-order valence-electron chi connectivity index (χ0n) is 18.6. The number of hydrogen-bond donors (Lipinski definition) is 3. The number of carbonyl (C=O) groups is 2. The first kappa shape index (κ1) is 24.0. The number of carboxylic acids is 1. The Kier molecular flexibility index (Phi) is 8.69. The fraction of sp³-hybridized carbons (Fsp3) is 0.391. The second-order valence-electron chi connectivity index (χ2n) is 8.35. The first-order valence-corrected chi connectivity index (χ1v) is 10.1. The van der Waals surface area contributed by atoms with Crippen molar-refractivity contribution in [1.29, 1.82) is 0 Å². The van der Waals surface area contributed by atoms with Gasteiger partial charge in [-0.3, -0.25) is 4.79 Å². The molecule has 0 aliphatic heterocycles. The van der Waals surface area contributed by atoms with Gasteiger partial charge in [-0.2, -0.15) is 0 Å². The minimum absolute atomic E-state index is 0.135. The molecule has 0 aliphatic carbocycles. The van der Waals surface area contributed by atoms with E-state index in [2.05, 4.69) is 10.6 Å². The van der Waals surface area contributed by atoms with Crippen molar-refractivity contribution in [3.8, 4) is 11.5 Å². The molecular weight excluding hydrogens is 398 g/mol. The molecule has 31 heavy (non-hydrogen) atoms. The quantitative estimate of drug-likeness (QED) is 0.476.